The van der Waals surface area contributed by atoms with Gasteiger partial charge in [-0.1, -0.05) is 27.2 Å². The van der Waals surface area contributed by atoms with Crippen LogP contribution in [-0.4, -0.2) is 23.1 Å². The minimum Gasteiger partial charge on any atom is -0.355 e. The van der Waals surface area contributed by atoms with Crippen LogP contribution in [0, 0.1) is 0 Å². The van der Waals surface area contributed by atoms with Crippen molar-refractivity contribution in [3.63, 3.8) is 0 Å². The van der Waals surface area contributed by atoms with Crippen molar-refractivity contribution in [2.45, 2.75) is 52.5 Å². The van der Waals surface area contributed by atoms with Crippen LogP contribution < -0.4 is 10.6 Å². The molecule has 29 heavy (non-hydrogen) atoms. The number of thiazole rings is 1. The molecule has 6 heteroatoms. The second-order valence-corrected chi connectivity index (χ2v) is 8.81. The molecule has 0 bridgehead atoms. The topological polar surface area (TPSA) is 49.8 Å². The van der Waals surface area contributed by atoms with Gasteiger partial charge in [0.2, 0.25) is 0 Å². The number of aromatic nitrogens is 2. The maximum absolute atomic E-state index is 4.62. The summed E-state index contributed by atoms with van der Waals surface area (Å²) in [5, 5.41) is 8.19. The first-order valence-electron chi connectivity index (χ1n) is 10.4. The molecule has 0 saturated carbocycles. The molecule has 0 saturated heterocycles. The molecule has 4 nitrogen and oxygen atoms in total. The van der Waals surface area contributed by atoms with E-state index in [1.54, 1.807) is 11.3 Å². The number of thiophene rings is 1. The van der Waals surface area contributed by atoms with Gasteiger partial charge in [-0.15, -0.1) is 22.7 Å². The Bertz CT molecular complexity index is 1050. The standard InChI is InChI=1S/C21H24N4S2.C2H6/c1-4-5-15(13(2)22-3)20-11-16-17(8-9-23-21(16)27-20)25-14-6-7-19-18(10-14)24-12-26-19;1-2/h6-13,15,22H,4-5H2,1-3H3,(H,23,25);1-2H3. The maximum atomic E-state index is 4.62. The lowest BCUT2D eigenvalue weighted by Gasteiger charge is -2.21. The van der Waals surface area contributed by atoms with Gasteiger partial charge in [-0.3, -0.25) is 0 Å². The Morgan fingerprint density at radius 3 is 2.69 bits per heavy atom. The van der Waals surface area contributed by atoms with E-state index in [4.69, 9.17) is 0 Å². The number of benzene rings is 1. The average Bonchev–Trinajstić information content (AvgIpc) is 3.40. The molecule has 0 aliphatic carbocycles. The van der Waals surface area contributed by atoms with Gasteiger partial charge >= 0.3 is 0 Å². The van der Waals surface area contributed by atoms with Gasteiger partial charge in [-0.25, -0.2) is 9.97 Å². The molecule has 0 spiro atoms. The number of nitrogens with zero attached hydrogens (tertiary/aromatic N) is 2. The molecule has 154 valence electrons. The molecule has 2 N–H and O–H groups in total. The van der Waals surface area contributed by atoms with Crippen molar-refractivity contribution in [1.82, 2.24) is 15.3 Å². The SMILES string of the molecule is CC.CCCC(c1cc2c(Nc3ccc4scnc4c3)ccnc2s1)C(C)NC. The third kappa shape index (κ3) is 4.77. The fourth-order valence-electron chi connectivity index (χ4n) is 3.49. The summed E-state index contributed by atoms with van der Waals surface area (Å²) < 4.78 is 1.21. The molecule has 2 atom stereocenters. The van der Waals surface area contributed by atoms with Gasteiger partial charge in [0.15, 0.2) is 0 Å². The lowest BCUT2D eigenvalue weighted by atomic mass is 9.94. The first-order valence-corrected chi connectivity index (χ1v) is 12.0. The van der Waals surface area contributed by atoms with Crippen LogP contribution >= 0.6 is 22.7 Å². The predicted octanol–water partition coefficient (Wildman–Crippen LogP) is 7.17. The Morgan fingerprint density at radius 2 is 1.93 bits per heavy atom. The third-order valence-corrected chi connectivity index (χ3v) is 7.07. The number of nitrogens with one attached hydrogen (secondary N) is 2. The molecule has 4 aromatic rings. The zero-order valence-electron chi connectivity index (χ0n) is 17.8. The monoisotopic (exact) mass is 426 g/mol. The van der Waals surface area contributed by atoms with Gasteiger partial charge in [0.25, 0.3) is 0 Å². The second-order valence-electron chi connectivity index (χ2n) is 6.86. The van der Waals surface area contributed by atoms with Crippen LogP contribution in [0.1, 0.15) is 51.3 Å². The summed E-state index contributed by atoms with van der Waals surface area (Å²) in [4.78, 5) is 11.5. The van der Waals surface area contributed by atoms with Crippen molar-refractivity contribution >= 4 is 54.5 Å². The minimum absolute atomic E-state index is 0.446. The molecule has 0 amide bonds. The Kier molecular flexibility index (Phi) is 7.58. The predicted molar refractivity (Wildman–Crippen MR) is 130 cm³/mol. The first kappa shape index (κ1) is 21.7. The van der Waals surface area contributed by atoms with Crippen molar-refractivity contribution in [2.75, 3.05) is 12.4 Å². The number of hydrogen-bond acceptors (Lipinski definition) is 6. The normalized spacial score (nSPS) is 13.1. The van der Waals surface area contributed by atoms with E-state index < -0.39 is 0 Å². The first-order chi connectivity index (χ1) is 14.2. The molecular weight excluding hydrogens is 396 g/mol. The third-order valence-electron chi connectivity index (χ3n) is 5.09. The van der Waals surface area contributed by atoms with E-state index >= 15 is 0 Å². The van der Waals surface area contributed by atoms with Crippen LogP contribution in [0.2, 0.25) is 0 Å². The Balaban J connectivity index is 0.00000117. The average molecular weight is 427 g/mol. The van der Waals surface area contributed by atoms with Gasteiger partial charge in [-0.2, -0.15) is 0 Å². The van der Waals surface area contributed by atoms with Crippen molar-refractivity contribution in [2.24, 2.45) is 0 Å². The summed E-state index contributed by atoms with van der Waals surface area (Å²) in [6.07, 6.45) is 4.25. The van der Waals surface area contributed by atoms with Crippen molar-refractivity contribution in [3.8, 4) is 0 Å². The Morgan fingerprint density at radius 1 is 1.10 bits per heavy atom. The van der Waals surface area contributed by atoms with E-state index in [1.165, 1.54) is 27.8 Å². The molecule has 3 heterocycles. The summed E-state index contributed by atoms with van der Waals surface area (Å²) >= 11 is 3.48. The highest BCUT2D eigenvalue weighted by atomic mass is 32.1. The van der Waals surface area contributed by atoms with E-state index in [0.717, 1.165) is 21.7 Å². The highest BCUT2D eigenvalue weighted by molar-refractivity contribution is 7.18. The maximum Gasteiger partial charge on any atom is 0.125 e. The summed E-state index contributed by atoms with van der Waals surface area (Å²) in [6, 6.07) is 11.2. The Hall–Kier alpha value is -2.02. The van der Waals surface area contributed by atoms with Crippen LogP contribution in [0.25, 0.3) is 20.4 Å². The molecular formula is C23H30N4S2. The largest absolute Gasteiger partial charge is 0.355 e. The summed E-state index contributed by atoms with van der Waals surface area (Å²) in [6.45, 7) is 8.52. The van der Waals surface area contributed by atoms with Crippen molar-refractivity contribution in [3.05, 3.63) is 46.9 Å². The lowest BCUT2D eigenvalue weighted by Crippen LogP contribution is -2.28. The lowest BCUT2D eigenvalue weighted by molar-refractivity contribution is 0.470. The van der Waals surface area contributed by atoms with Crippen LogP contribution in [0.5, 0.6) is 0 Å². The number of hydrogen-bond donors (Lipinski definition) is 2. The van der Waals surface area contributed by atoms with Crippen LogP contribution in [0.4, 0.5) is 11.4 Å². The smallest absolute Gasteiger partial charge is 0.125 e. The Labute approximate surface area is 181 Å². The molecule has 2 unspecified atom stereocenters. The van der Waals surface area contributed by atoms with E-state index in [2.05, 4.69) is 64.8 Å². The number of rotatable bonds is 7. The zero-order valence-corrected chi connectivity index (χ0v) is 19.5. The van der Waals surface area contributed by atoms with Crippen molar-refractivity contribution < 1.29 is 0 Å². The molecule has 4 rings (SSSR count). The fourth-order valence-corrected chi connectivity index (χ4v) is 5.42. The molecule has 0 aliphatic heterocycles. The fraction of sp³-hybridized carbons (Fsp3) is 0.391. The molecule has 0 fully saturated rings. The molecule has 1 aromatic carbocycles. The summed E-state index contributed by atoms with van der Waals surface area (Å²) in [7, 11) is 2.04. The minimum atomic E-state index is 0.446. The summed E-state index contributed by atoms with van der Waals surface area (Å²) in [5.41, 5.74) is 5.08. The summed E-state index contributed by atoms with van der Waals surface area (Å²) in [5.74, 6) is 0.512. The van der Waals surface area contributed by atoms with Crippen LogP contribution in [-0.2, 0) is 0 Å². The van der Waals surface area contributed by atoms with Crippen LogP contribution in [0.3, 0.4) is 0 Å². The van der Waals surface area contributed by atoms with Gasteiger partial charge in [0.05, 0.1) is 21.4 Å². The van der Waals surface area contributed by atoms with Crippen LogP contribution in [0.15, 0.2) is 42.0 Å². The van der Waals surface area contributed by atoms with E-state index in [0.29, 0.717) is 12.0 Å². The van der Waals surface area contributed by atoms with E-state index in [1.807, 2.05) is 43.9 Å². The number of fused-ring (bicyclic) bond motifs is 2. The van der Waals surface area contributed by atoms with E-state index in [-0.39, 0.29) is 0 Å². The zero-order chi connectivity index (χ0) is 20.8. The number of pyridine rings is 1. The highest BCUT2D eigenvalue weighted by Gasteiger charge is 2.20. The highest BCUT2D eigenvalue weighted by Crippen LogP contribution is 2.38. The van der Waals surface area contributed by atoms with Gasteiger partial charge < -0.3 is 10.6 Å². The molecule has 0 aliphatic rings. The van der Waals surface area contributed by atoms with Gasteiger partial charge in [-0.05, 0) is 50.7 Å². The number of likely N-dealkylation sites (N-methyl/N-ethyl adjacent to an activating group) is 1. The molecule has 3 aromatic heterocycles. The number of anilines is 2. The quantitative estimate of drug-likeness (QED) is 0.329. The van der Waals surface area contributed by atoms with Gasteiger partial charge in [0.1, 0.15) is 4.83 Å². The molecule has 0 radical (unpaired) electrons. The van der Waals surface area contributed by atoms with E-state index in [9.17, 15) is 0 Å². The second kappa shape index (κ2) is 10.1. The van der Waals surface area contributed by atoms with Gasteiger partial charge in [0, 0.05) is 34.1 Å². The van der Waals surface area contributed by atoms with Crippen molar-refractivity contribution in [1.29, 1.82) is 0 Å².